The third-order valence-electron chi connectivity index (χ3n) is 7.63. The van der Waals surface area contributed by atoms with E-state index in [0.29, 0.717) is 0 Å². The molecule has 0 saturated carbocycles. The number of H-pyrrole nitrogens is 2. The molecule has 3 fully saturated rings. The van der Waals surface area contributed by atoms with Crippen molar-refractivity contribution in [2.75, 3.05) is 31.8 Å². The Balaban J connectivity index is 1.19. The zero-order valence-corrected chi connectivity index (χ0v) is 25.5. The summed E-state index contributed by atoms with van der Waals surface area (Å²) in [4.78, 5) is 66.6. The number of nitrogens with one attached hydrogen (secondary N) is 2. The van der Waals surface area contributed by atoms with Gasteiger partial charge in [-0.3, -0.25) is 46.8 Å². The number of nitrogens with zero attached hydrogens (tertiary/aromatic N) is 6. The van der Waals surface area contributed by atoms with E-state index in [2.05, 4.69) is 29.9 Å². The van der Waals surface area contributed by atoms with Gasteiger partial charge in [-0.1, -0.05) is 0 Å². The van der Waals surface area contributed by atoms with Gasteiger partial charge in [-0.05, 0) is 0 Å². The first-order chi connectivity index (χ1) is 22.2. The van der Waals surface area contributed by atoms with Crippen LogP contribution >= 0.6 is 15.6 Å². The number of anilines is 2. The Kier molecular flexibility index (Phi) is 7.82. The second-order valence-electron chi connectivity index (χ2n) is 10.5. The maximum Gasteiger partial charge on any atom is 0.472 e. The van der Waals surface area contributed by atoms with Gasteiger partial charge in [-0.2, -0.15) is 9.97 Å². The highest BCUT2D eigenvalue weighted by molar-refractivity contribution is 7.47. The Morgan fingerprint density at radius 2 is 1.32 bits per heavy atom. The monoisotopic (exact) mass is 704 g/mol. The van der Waals surface area contributed by atoms with Gasteiger partial charge in [0.1, 0.15) is 36.6 Å². The maximum absolute atomic E-state index is 13.3. The highest BCUT2D eigenvalue weighted by atomic mass is 31.2. The van der Waals surface area contributed by atoms with Crippen LogP contribution in [0.3, 0.4) is 0 Å². The van der Waals surface area contributed by atoms with Crippen molar-refractivity contribution < 1.29 is 56.3 Å². The molecule has 0 radical (unpaired) electrons. The summed E-state index contributed by atoms with van der Waals surface area (Å²) in [7, 11) is -8.87. The van der Waals surface area contributed by atoms with Crippen LogP contribution in [0.5, 0.6) is 0 Å². The van der Waals surface area contributed by atoms with E-state index < -0.39 is 89.1 Å². The number of aromatic nitrogens is 8. The van der Waals surface area contributed by atoms with E-state index >= 15 is 0 Å². The minimum Gasteiger partial charge on any atom is -0.386 e. The summed E-state index contributed by atoms with van der Waals surface area (Å²) in [6.45, 7) is -1.61. The average Bonchev–Trinajstić information content (AvgIpc) is 3.75. The molecule has 3 aliphatic heterocycles. The van der Waals surface area contributed by atoms with Crippen LogP contribution in [0.25, 0.3) is 22.3 Å². The fourth-order valence-electron chi connectivity index (χ4n) is 5.62. The van der Waals surface area contributed by atoms with E-state index in [9.17, 15) is 33.6 Å². The van der Waals surface area contributed by atoms with Crippen LogP contribution in [0.15, 0.2) is 22.2 Å². The van der Waals surface area contributed by atoms with Gasteiger partial charge in [0.05, 0.1) is 25.9 Å². The summed E-state index contributed by atoms with van der Waals surface area (Å²) < 4.78 is 67.3. The lowest BCUT2D eigenvalue weighted by Gasteiger charge is -2.28. The quantitative estimate of drug-likeness (QED) is 0.109. The van der Waals surface area contributed by atoms with Gasteiger partial charge in [-0.15, -0.1) is 0 Å². The van der Waals surface area contributed by atoms with Gasteiger partial charge >= 0.3 is 15.6 Å². The topological polar surface area (TPSA) is 339 Å². The molecular formula is C21H26N10O14P2. The lowest BCUT2D eigenvalue weighted by molar-refractivity contribution is -0.0666. The van der Waals surface area contributed by atoms with E-state index in [1.165, 1.54) is 18.0 Å². The number of aliphatic hydroxyl groups excluding tert-OH is 1. The molecule has 47 heavy (non-hydrogen) atoms. The Bertz CT molecular complexity index is 2070. The molecule has 26 heteroatoms. The molecule has 4 aromatic heterocycles. The maximum atomic E-state index is 13.3. The Hall–Kier alpha value is -3.64. The van der Waals surface area contributed by atoms with Crippen molar-refractivity contribution in [1.82, 2.24) is 39.0 Å². The Morgan fingerprint density at radius 1 is 0.851 bits per heavy atom. The molecule has 3 saturated heterocycles. The fraction of sp³-hybridized carbons (Fsp3) is 0.524. The van der Waals surface area contributed by atoms with Gasteiger partial charge in [0.15, 0.2) is 34.8 Å². The number of hydrogen-bond acceptors (Lipinski definition) is 18. The van der Waals surface area contributed by atoms with Crippen LogP contribution in [0, 0.1) is 0 Å². The molecule has 254 valence electrons. The second-order valence-corrected chi connectivity index (χ2v) is 13.4. The summed E-state index contributed by atoms with van der Waals surface area (Å²) in [5.74, 6) is -0.504. The predicted molar refractivity (Wildman–Crippen MR) is 151 cm³/mol. The zero-order valence-electron chi connectivity index (χ0n) is 23.8. The standard InChI is InChI=1S/C21H26N10O14P2/c1-39-13-12-7(43-19(13)31-5-25-9-15(31)27-21(23)29-17(9)34)3-41-46(35,36)44-11-6(2-40-47(37,38)45-12)42-18(10(11)32)30-4-24-8-14(30)26-20(22)28-16(8)33/h4-7,10-13,18-19,32H,2-3H2,1H3,(H,35,36)(H,37,38)(H3,22,26,28,33)(H3,23,27,29,34)/t6-,7-,10?,11?,12?,13?,18-,19-/m1/s1. The molecule has 0 amide bonds. The minimum absolute atomic E-state index is 0.0298. The number of rotatable bonds is 3. The van der Waals surface area contributed by atoms with Crippen molar-refractivity contribution in [3.8, 4) is 0 Å². The van der Waals surface area contributed by atoms with E-state index in [1.807, 2.05) is 0 Å². The molecule has 4 aromatic rings. The molecule has 0 aliphatic carbocycles. The van der Waals surface area contributed by atoms with Crippen LogP contribution in [0.2, 0.25) is 0 Å². The SMILES string of the molecule is COC1C2OP(=O)(O)OC[C@H]3O[C@@H](n4cnc5c(=O)[nH]c(N)nc54)C(O)C3OP(=O)(O)OC[C@H]2O[C@H]1n1cnc2c(=O)[nH]c(N)nc21. The van der Waals surface area contributed by atoms with Crippen LogP contribution in [-0.4, -0.2) is 111 Å². The van der Waals surface area contributed by atoms with Gasteiger partial charge < -0.3 is 40.6 Å². The molecule has 10 atom stereocenters. The molecule has 7 rings (SSSR count). The molecule has 0 spiro atoms. The molecule has 6 unspecified atom stereocenters. The number of phosphoric acid groups is 2. The summed E-state index contributed by atoms with van der Waals surface area (Å²) in [6, 6.07) is 0. The first-order valence-corrected chi connectivity index (χ1v) is 16.5. The number of aliphatic hydroxyl groups is 1. The Morgan fingerprint density at radius 3 is 1.85 bits per heavy atom. The normalized spacial score (nSPS) is 36.6. The Labute approximate surface area is 259 Å². The molecular weight excluding hydrogens is 678 g/mol. The van der Waals surface area contributed by atoms with Crippen LogP contribution in [0.1, 0.15) is 12.5 Å². The molecule has 9 N–H and O–H groups in total. The smallest absolute Gasteiger partial charge is 0.386 e. The van der Waals surface area contributed by atoms with Gasteiger partial charge in [-0.25, -0.2) is 19.1 Å². The summed E-state index contributed by atoms with van der Waals surface area (Å²) in [5.41, 5.74) is 9.60. The largest absolute Gasteiger partial charge is 0.472 e. The highest BCUT2D eigenvalue weighted by Gasteiger charge is 2.54. The fourth-order valence-corrected chi connectivity index (χ4v) is 7.54. The number of ether oxygens (including phenoxy) is 3. The van der Waals surface area contributed by atoms with Crippen molar-refractivity contribution in [2.45, 2.75) is 49.1 Å². The molecule has 7 heterocycles. The number of hydrogen-bond donors (Lipinski definition) is 7. The number of imidazole rings is 2. The first-order valence-electron chi connectivity index (χ1n) is 13.5. The van der Waals surface area contributed by atoms with Crippen molar-refractivity contribution in [3.63, 3.8) is 0 Å². The number of nitrogen functional groups attached to an aromatic ring is 2. The van der Waals surface area contributed by atoms with E-state index in [0.717, 1.165) is 10.9 Å². The van der Waals surface area contributed by atoms with E-state index in [4.69, 9.17) is 43.8 Å². The highest BCUT2D eigenvalue weighted by Crippen LogP contribution is 2.54. The van der Waals surface area contributed by atoms with Gasteiger partial charge in [0, 0.05) is 7.11 Å². The average molecular weight is 704 g/mol. The summed E-state index contributed by atoms with van der Waals surface area (Å²) in [6.07, 6.45) is -9.52. The lowest BCUT2D eigenvalue weighted by atomic mass is 10.1. The van der Waals surface area contributed by atoms with Gasteiger partial charge in [0.2, 0.25) is 11.9 Å². The predicted octanol–water partition coefficient (Wildman–Crippen LogP) is -2.39. The number of phosphoric ester groups is 2. The van der Waals surface area contributed by atoms with Crippen LogP contribution < -0.4 is 22.6 Å². The molecule has 24 nitrogen and oxygen atoms in total. The molecule has 3 aliphatic rings. The van der Waals surface area contributed by atoms with Crippen molar-refractivity contribution in [3.05, 3.63) is 33.4 Å². The second kappa shape index (κ2) is 11.5. The van der Waals surface area contributed by atoms with Crippen LogP contribution in [-0.2, 0) is 41.4 Å². The zero-order chi connectivity index (χ0) is 33.4. The van der Waals surface area contributed by atoms with E-state index in [-0.39, 0.29) is 34.2 Å². The first kappa shape index (κ1) is 31.9. The third kappa shape index (κ3) is 5.67. The summed E-state index contributed by atoms with van der Waals surface area (Å²) in [5, 5.41) is 11.2. The third-order valence-corrected chi connectivity index (χ3v) is 9.60. The number of nitrogens with two attached hydrogens (primary N) is 2. The van der Waals surface area contributed by atoms with Crippen molar-refractivity contribution in [2.24, 2.45) is 0 Å². The lowest BCUT2D eigenvalue weighted by Crippen LogP contribution is -2.39. The molecule has 0 aromatic carbocycles. The molecule has 0 bridgehead atoms. The van der Waals surface area contributed by atoms with Crippen LogP contribution in [0.4, 0.5) is 11.9 Å². The summed E-state index contributed by atoms with van der Waals surface area (Å²) >= 11 is 0. The number of methoxy groups -OCH3 is 1. The van der Waals surface area contributed by atoms with Crippen molar-refractivity contribution >= 4 is 49.9 Å². The van der Waals surface area contributed by atoms with Crippen molar-refractivity contribution in [1.29, 1.82) is 0 Å². The minimum atomic E-state index is -5.07. The number of aromatic amines is 2. The van der Waals surface area contributed by atoms with Gasteiger partial charge in [0.25, 0.3) is 11.1 Å². The van der Waals surface area contributed by atoms with E-state index in [1.54, 1.807) is 0 Å². The number of fused-ring (bicyclic) bond motifs is 4.